The van der Waals surface area contributed by atoms with Crippen LogP contribution in [0.25, 0.3) is 22.5 Å². The molecule has 0 aliphatic carbocycles. The molecule has 0 saturated heterocycles. The van der Waals surface area contributed by atoms with Gasteiger partial charge in [0.1, 0.15) is 5.75 Å². The van der Waals surface area contributed by atoms with Crippen molar-refractivity contribution in [2.45, 2.75) is 0 Å². The first-order valence-electron chi connectivity index (χ1n) is 9.32. The van der Waals surface area contributed by atoms with E-state index in [9.17, 15) is 9.90 Å². The number of phenolic OH excluding ortho intramolecular Hbond substituents is 1. The van der Waals surface area contributed by atoms with Gasteiger partial charge in [0.05, 0.1) is 17.6 Å². The molecule has 0 radical (unpaired) electrons. The number of phenols is 1. The Morgan fingerprint density at radius 2 is 1.33 bits per heavy atom. The normalized spacial score (nSPS) is 10.8. The van der Waals surface area contributed by atoms with E-state index in [1.54, 1.807) is 24.3 Å². The molecule has 0 spiro atoms. The zero-order chi connectivity index (χ0) is 20.8. The second-order valence-electron chi connectivity index (χ2n) is 6.45. The van der Waals surface area contributed by atoms with Gasteiger partial charge in [-0.3, -0.25) is 4.79 Å². The van der Waals surface area contributed by atoms with Crippen molar-refractivity contribution in [3.05, 3.63) is 102 Å². The van der Waals surface area contributed by atoms with Gasteiger partial charge in [0.2, 0.25) is 5.82 Å². The highest BCUT2D eigenvalue weighted by molar-refractivity contribution is 5.93. The number of aromatic nitrogens is 2. The zero-order valence-electron chi connectivity index (χ0n) is 15.9. The molecule has 146 valence electrons. The van der Waals surface area contributed by atoms with E-state index >= 15 is 0 Å². The molecule has 0 bridgehead atoms. The number of rotatable bonds is 5. The summed E-state index contributed by atoms with van der Waals surface area (Å²) in [5, 5.41) is 13.7. The van der Waals surface area contributed by atoms with Gasteiger partial charge in [-0.2, -0.15) is 5.10 Å². The van der Waals surface area contributed by atoms with Crippen molar-refractivity contribution in [1.82, 2.24) is 15.4 Å². The van der Waals surface area contributed by atoms with Gasteiger partial charge in [-0.25, -0.2) is 15.4 Å². The van der Waals surface area contributed by atoms with Crippen LogP contribution in [0.5, 0.6) is 5.75 Å². The molecule has 2 N–H and O–H groups in total. The quantitative estimate of drug-likeness (QED) is 0.391. The minimum atomic E-state index is -0.545. The maximum absolute atomic E-state index is 12.7. The molecule has 0 unspecified atom stereocenters. The van der Waals surface area contributed by atoms with Crippen LogP contribution in [0.15, 0.2) is 96.1 Å². The largest absolute Gasteiger partial charge is 0.507 e. The second kappa shape index (κ2) is 8.79. The van der Waals surface area contributed by atoms with Crippen LogP contribution in [0.4, 0.5) is 0 Å². The Morgan fingerprint density at radius 1 is 0.800 bits per heavy atom. The third kappa shape index (κ3) is 4.39. The lowest BCUT2D eigenvalue weighted by atomic mass is 10.1. The minimum Gasteiger partial charge on any atom is -0.507 e. The van der Waals surface area contributed by atoms with Crippen molar-refractivity contribution in [2.24, 2.45) is 5.10 Å². The van der Waals surface area contributed by atoms with E-state index in [0.29, 0.717) is 17.0 Å². The fourth-order valence-electron chi connectivity index (χ4n) is 2.87. The molecule has 1 heterocycles. The van der Waals surface area contributed by atoms with E-state index in [-0.39, 0.29) is 11.6 Å². The van der Waals surface area contributed by atoms with Crippen LogP contribution in [0.3, 0.4) is 0 Å². The Kier molecular flexibility index (Phi) is 5.57. The Labute approximate surface area is 173 Å². The van der Waals surface area contributed by atoms with Gasteiger partial charge in [0.25, 0.3) is 0 Å². The lowest BCUT2D eigenvalue weighted by Crippen LogP contribution is -2.21. The van der Waals surface area contributed by atoms with Crippen molar-refractivity contribution in [3.8, 4) is 28.3 Å². The summed E-state index contributed by atoms with van der Waals surface area (Å²) in [5.41, 5.74) is 5.95. The number of nitrogens with zero attached hydrogens (tertiary/aromatic N) is 3. The number of carbonyl (C=O) groups is 1. The van der Waals surface area contributed by atoms with E-state index in [0.717, 1.165) is 11.1 Å². The van der Waals surface area contributed by atoms with Crippen molar-refractivity contribution in [2.75, 3.05) is 0 Å². The molecular weight excluding hydrogens is 376 g/mol. The smallest absolute Gasteiger partial charge is 0.309 e. The fourth-order valence-corrected chi connectivity index (χ4v) is 2.87. The van der Waals surface area contributed by atoms with Gasteiger partial charge < -0.3 is 5.11 Å². The fraction of sp³-hybridized carbons (Fsp3) is 0. The number of amides is 1. The number of para-hydroxylation sites is 1. The van der Waals surface area contributed by atoms with Gasteiger partial charge in [0, 0.05) is 16.7 Å². The summed E-state index contributed by atoms with van der Waals surface area (Å²) in [6.45, 7) is 0. The van der Waals surface area contributed by atoms with Crippen molar-refractivity contribution < 1.29 is 9.90 Å². The first kappa shape index (κ1) is 19.0. The monoisotopic (exact) mass is 394 g/mol. The maximum atomic E-state index is 12.7. The summed E-state index contributed by atoms with van der Waals surface area (Å²) >= 11 is 0. The van der Waals surface area contributed by atoms with Crippen LogP contribution in [-0.2, 0) is 0 Å². The SMILES string of the molecule is O=C(NN=Cc1ccccc1O)c1nc(-c2ccccc2)cc(-c2ccccc2)n1. The van der Waals surface area contributed by atoms with Gasteiger partial charge >= 0.3 is 5.91 Å². The van der Waals surface area contributed by atoms with Gasteiger partial charge in [-0.05, 0) is 18.2 Å². The molecule has 6 nitrogen and oxygen atoms in total. The van der Waals surface area contributed by atoms with Gasteiger partial charge in [0.15, 0.2) is 0 Å². The van der Waals surface area contributed by atoms with Crippen molar-refractivity contribution in [3.63, 3.8) is 0 Å². The summed E-state index contributed by atoms with van der Waals surface area (Å²) < 4.78 is 0. The first-order valence-corrected chi connectivity index (χ1v) is 9.32. The molecule has 1 amide bonds. The highest BCUT2D eigenvalue weighted by atomic mass is 16.3. The molecular formula is C24H18N4O2. The molecule has 1 aromatic heterocycles. The molecule has 4 aromatic rings. The molecule has 6 heteroatoms. The van der Waals surface area contributed by atoms with Gasteiger partial charge in [-0.15, -0.1) is 0 Å². The second-order valence-corrected chi connectivity index (χ2v) is 6.45. The van der Waals surface area contributed by atoms with Crippen molar-refractivity contribution in [1.29, 1.82) is 0 Å². The molecule has 0 aliphatic rings. The summed E-state index contributed by atoms with van der Waals surface area (Å²) in [5.74, 6) is -0.467. The third-order valence-corrected chi connectivity index (χ3v) is 4.37. The molecule has 3 aromatic carbocycles. The summed E-state index contributed by atoms with van der Waals surface area (Å²) in [6.07, 6.45) is 1.37. The predicted molar refractivity (Wildman–Crippen MR) is 116 cm³/mol. The first-order chi connectivity index (χ1) is 14.7. The van der Waals surface area contributed by atoms with E-state index in [4.69, 9.17) is 0 Å². The number of hydrogen-bond donors (Lipinski definition) is 2. The average molecular weight is 394 g/mol. The molecule has 0 aliphatic heterocycles. The standard InChI is InChI=1S/C24H18N4O2/c29-22-14-8-7-13-19(22)16-25-28-24(30)23-26-20(17-9-3-1-4-10-17)15-21(27-23)18-11-5-2-6-12-18/h1-16,29H,(H,28,30). The number of carbonyl (C=O) groups excluding carboxylic acids is 1. The topological polar surface area (TPSA) is 87.5 Å². The van der Waals surface area contributed by atoms with Crippen LogP contribution in [0, 0.1) is 0 Å². The number of hydrazone groups is 1. The Morgan fingerprint density at radius 3 is 1.90 bits per heavy atom. The summed E-state index contributed by atoms with van der Waals surface area (Å²) in [6, 6.07) is 27.8. The molecule has 30 heavy (non-hydrogen) atoms. The van der Waals surface area contributed by atoms with Crippen LogP contribution in [0.2, 0.25) is 0 Å². The Bertz CT molecular complexity index is 1130. The van der Waals surface area contributed by atoms with Crippen LogP contribution >= 0.6 is 0 Å². The molecule has 0 fully saturated rings. The molecule has 0 saturated carbocycles. The zero-order valence-corrected chi connectivity index (χ0v) is 15.9. The highest BCUT2D eigenvalue weighted by Crippen LogP contribution is 2.23. The van der Waals surface area contributed by atoms with Gasteiger partial charge in [-0.1, -0.05) is 72.8 Å². The number of benzene rings is 3. The predicted octanol–water partition coefficient (Wildman–Crippen LogP) is 4.28. The van der Waals surface area contributed by atoms with Crippen LogP contribution in [0.1, 0.15) is 16.2 Å². The minimum absolute atomic E-state index is 0.00430. The molecule has 0 atom stereocenters. The molecule has 4 rings (SSSR count). The number of hydrogen-bond acceptors (Lipinski definition) is 5. The average Bonchev–Trinajstić information content (AvgIpc) is 2.81. The van der Waals surface area contributed by atoms with Crippen LogP contribution < -0.4 is 5.43 Å². The summed E-state index contributed by atoms with van der Waals surface area (Å²) in [7, 11) is 0. The highest BCUT2D eigenvalue weighted by Gasteiger charge is 2.14. The maximum Gasteiger partial charge on any atom is 0.309 e. The third-order valence-electron chi connectivity index (χ3n) is 4.37. The van der Waals surface area contributed by atoms with E-state index in [1.165, 1.54) is 6.21 Å². The Balaban J connectivity index is 1.66. The summed E-state index contributed by atoms with van der Waals surface area (Å²) in [4.78, 5) is 21.5. The van der Waals surface area contributed by atoms with Crippen molar-refractivity contribution >= 4 is 12.1 Å². The van der Waals surface area contributed by atoms with E-state index in [2.05, 4.69) is 20.5 Å². The Hall–Kier alpha value is -4.32. The lowest BCUT2D eigenvalue weighted by molar-refractivity contribution is 0.0945. The van der Waals surface area contributed by atoms with Crippen LogP contribution in [-0.4, -0.2) is 27.2 Å². The number of aromatic hydroxyl groups is 1. The van der Waals surface area contributed by atoms with E-state index in [1.807, 2.05) is 66.7 Å². The van der Waals surface area contributed by atoms with E-state index < -0.39 is 5.91 Å². The lowest BCUT2D eigenvalue weighted by Gasteiger charge is -2.08. The number of nitrogens with one attached hydrogen (secondary N) is 1.